The summed E-state index contributed by atoms with van der Waals surface area (Å²) in [4.78, 5) is 7.12. The largest absolute Gasteiger partial charge is 0.419 e. The van der Waals surface area contributed by atoms with Gasteiger partial charge in [-0.3, -0.25) is 0 Å². The third-order valence-corrected chi connectivity index (χ3v) is 5.63. The van der Waals surface area contributed by atoms with Gasteiger partial charge in [0.15, 0.2) is 8.32 Å². The molecule has 0 N–H and O–H groups in total. The lowest BCUT2D eigenvalue weighted by atomic mass is 10.3. The van der Waals surface area contributed by atoms with E-state index in [1.165, 1.54) is 39.0 Å². The molecule has 0 saturated carbocycles. The molecule has 0 radical (unpaired) electrons. The lowest BCUT2D eigenvalue weighted by Gasteiger charge is -2.30. The summed E-state index contributed by atoms with van der Waals surface area (Å²) in [6.07, 6.45) is 3.62. The van der Waals surface area contributed by atoms with E-state index in [0.29, 0.717) is 0 Å². The monoisotopic (exact) mass is 289 g/mol. The van der Waals surface area contributed by atoms with Gasteiger partial charge >= 0.3 is 0 Å². The van der Waals surface area contributed by atoms with Crippen LogP contribution in [0.25, 0.3) is 0 Å². The van der Waals surface area contributed by atoms with Gasteiger partial charge in [0.2, 0.25) is 0 Å². The first kappa shape index (κ1) is 19.1. The topological polar surface area (TPSA) is 19.0 Å². The molecule has 0 heterocycles. The SMILES string of the molecule is CO[Si](C)(C)CN(CCCN(C)C)CCCN(C)C. The molecule has 0 aliphatic heterocycles. The van der Waals surface area contributed by atoms with Gasteiger partial charge in [0.25, 0.3) is 0 Å². The van der Waals surface area contributed by atoms with Crippen LogP contribution in [0.5, 0.6) is 0 Å². The number of rotatable bonds is 11. The van der Waals surface area contributed by atoms with Gasteiger partial charge in [-0.15, -0.1) is 0 Å². The summed E-state index contributed by atoms with van der Waals surface area (Å²) in [5, 5.41) is 0. The molecule has 0 saturated heterocycles. The van der Waals surface area contributed by atoms with Crippen LogP contribution >= 0.6 is 0 Å². The molecule has 0 aromatic rings. The van der Waals surface area contributed by atoms with Gasteiger partial charge in [-0.25, -0.2) is 0 Å². The van der Waals surface area contributed by atoms with Crippen LogP contribution in [0.3, 0.4) is 0 Å². The molecule has 0 aliphatic carbocycles. The Morgan fingerprint density at radius 3 is 1.53 bits per heavy atom. The van der Waals surface area contributed by atoms with E-state index in [0.717, 1.165) is 6.17 Å². The lowest BCUT2D eigenvalue weighted by molar-refractivity contribution is 0.253. The molecule has 4 nitrogen and oxygen atoms in total. The number of hydrogen-bond acceptors (Lipinski definition) is 4. The van der Waals surface area contributed by atoms with E-state index >= 15 is 0 Å². The van der Waals surface area contributed by atoms with Crippen LogP contribution in [-0.2, 0) is 4.43 Å². The van der Waals surface area contributed by atoms with Crippen LogP contribution < -0.4 is 0 Å². The summed E-state index contributed by atoms with van der Waals surface area (Å²) in [6, 6.07) is 0. The van der Waals surface area contributed by atoms with Gasteiger partial charge in [-0.05, 0) is 80.3 Å². The summed E-state index contributed by atoms with van der Waals surface area (Å²) in [5.74, 6) is 0. The van der Waals surface area contributed by atoms with E-state index in [1.54, 1.807) is 0 Å². The molecular weight excluding hydrogens is 254 g/mol. The Kier molecular flexibility index (Phi) is 9.91. The molecule has 0 amide bonds. The Hall–Kier alpha value is 0.0569. The molecule has 0 aliphatic rings. The Balaban J connectivity index is 4.14. The van der Waals surface area contributed by atoms with Crippen molar-refractivity contribution in [2.45, 2.75) is 25.9 Å². The molecule has 0 unspecified atom stereocenters. The Labute approximate surface area is 121 Å². The minimum atomic E-state index is -1.50. The molecule has 19 heavy (non-hydrogen) atoms. The normalized spacial score (nSPS) is 12.9. The summed E-state index contributed by atoms with van der Waals surface area (Å²) in [6.45, 7) is 9.31. The third-order valence-electron chi connectivity index (χ3n) is 3.32. The first-order valence-corrected chi connectivity index (χ1v) is 10.5. The highest BCUT2D eigenvalue weighted by Crippen LogP contribution is 2.07. The second-order valence-corrected chi connectivity index (χ2v) is 10.8. The lowest BCUT2D eigenvalue weighted by Crippen LogP contribution is -2.45. The van der Waals surface area contributed by atoms with Gasteiger partial charge in [-0.1, -0.05) is 0 Å². The molecule has 5 heteroatoms. The highest BCUT2D eigenvalue weighted by Gasteiger charge is 2.24. The average molecular weight is 290 g/mol. The molecule has 116 valence electrons. The predicted molar refractivity (Wildman–Crippen MR) is 87.3 cm³/mol. The summed E-state index contributed by atoms with van der Waals surface area (Å²) >= 11 is 0. The fraction of sp³-hybridized carbons (Fsp3) is 1.00. The van der Waals surface area contributed by atoms with Gasteiger partial charge < -0.3 is 19.1 Å². The third kappa shape index (κ3) is 11.6. The number of hydrogen-bond donors (Lipinski definition) is 0. The maximum atomic E-state index is 5.70. The van der Waals surface area contributed by atoms with E-state index in [9.17, 15) is 0 Å². The highest BCUT2D eigenvalue weighted by molar-refractivity contribution is 6.71. The molecule has 0 fully saturated rings. The van der Waals surface area contributed by atoms with E-state index in [2.05, 4.69) is 56.0 Å². The maximum Gasteiger partial charge on any atom is 0.199 e. The fourth-order valence-corrected chi connectivity index (χ4v) is 3.62. The predicted octanol–water partition coefficient (Wildman–Crippen LogP) is 1.58. The van der Waals surface area contributed by atoms with E-state index in [1.807, 2.05) is 7.11 Å². The van der Waals surface area contributed by atoms with Crippen molar-refractivity contribution in [2.24, 2.45) is 0 Å². The average Bonchev–Trinajstić information content (AvgIpc) is 2.27. The van der Waals surface area contributed by atoms with Crippen molar-refractivity contribution >= 4 is 8.32 Å². The summed E-state index contributed by atoms with van der Waals surface area (Å²) in [5.41, 5.74) is 0. The smallest absolute Gasteiger partial charge is 0.199 e. The van der Waals surface area contributed by atoms with Crippen molar-refractivity contribution < 1.29 is 4.43 Å². The van der Waals surface area contributed by atoms with Crippen LogP contribution in [-0.4, -0.2) is 90.7 Å². The first-order chi connectivity index (χ1) is 8.76. The van der Waals surface area contributed by atoms with Crippen molar-refractivity contribution in [3.8, 4) is 0 Å². The minimum Gasteiger partial charge on any atom is -0.419 e. The Morgan fingerprint density at radius 1 is 0.789 bits per heavy atom. The first-order valence-electron chi connectivity index (χ1n) is 7.34. The van der Waals surface area contributed by atoms with Crippen molar-refractivity contribution in [3.05, 3.63) is 0 Å². The van der Waals surface area contributed by atoms with E-state index in [-0.39, 0.29) is 0 Å². The zero-order valence-corrected chi connectivity index (χ0v) is 15.2. The quantitative estimate of drug-likeness (QED) is 0.538. The van der Waals surface area contributed by atoms with Gasteiger partial charge in [-0.2, -0.15) is 0 Å². The van der Waals surface area contributed by atoms with Crippen molar-refractivity contribution in [1.29, 1.82) is 0 Å². The van der Waals surface area contributed by atoms with Crippen LogP contribution in [0, 0.1) is 0 Å². The van der Waals surface area contributed by atoms with Crippen molar-refractivity contribution in [3.63, 3.8) is 0 Å². The fourth-order valence-electron chi connectivity index (χ4n) is 2.09. The van der Waals surface area contributed by atoms with Crippen LogP contribution in [0.15, 0.2) is 0 Å². The second-order valence-electron chi connectivity index (χ2n) is 6.55. The van der Waals surface area contributed by atoms with E-state index in [4.69, 9.17) is 4.43 Å². The summed E-state index contributed by atoms with van der Waals surface area (Å²) in [7, 11) is 8.94. The zero-order valence-electron chi connectivity index (χ0n) is 14.2. The summed E-state index contributed by atoms with van der Waals surface area (Å²) < 4.78 is 5.70. The standard InChI is InChI=1S/C14H35N3OSi/c1-15(2)10-8-12-17(13-9-11-16(3)4)14-19(6,7)18-5/h8-14H2,1-7H3. The molecule has 0 rings (SSSR count). The van der Waals surface area contributed by atoms with Crippen LogP contribution in [0.2, 0.25) is 13.1 Å². The molecule has 0 aromatic carbocycles. The van der Waals surface area contributed by atoms with Gasteiger partial charge in [0.1, 0.15) is 0 Å². The second kappa shape index (κ2) is 9.88. The Bertz CT molecular complexity index is 209. The van der Waals surface area contributed by atoms with Crippen LogP contribution in [0.1, 0.15) is 12.8 Å². The minimum absolute atomic E-state index is 1.14. The van der Waals surface area contributed by atoms with Crippen molar-refractivity contribution in [2.75, 3.05) is 67.6 Å². The van der Waals surface area contributed by atoms with E-state index < -0.39 is 8.32 Å². The molecule has 0 atom stereocenters. The van der Waals surface area contributed by atoms with Gasteiger partial charge in [0, 0.05) is 13.3 Å². The molecule has 0 aromatic heterocycles. The van der Waals surface area contributed by atoms with Crippen molar-refractivity contribution in [1.82, 2.24) is 14.7 Å². The maximum absolute atomic E-state index is 5.70. The van der Waals surface area contributed by atoms with Crippen LogP contribution in [0.4, 0.5) is 0 Å². The highest BCUT2D eigenvalue weighted by atomic mass is 28.4. The molecule has 0 spiro atoms. The number of nitrogens with zero attached hydrogens (tertiary/aromatic N) is 3. The zero-order chi connectivity index (χ0) is 14.9. The molecule has 0 bridgehead atoms. The Morgan fingerprint density at radius 2 is 1.21 bits per heavy atom. The van der Waals surface area contributed by atoms with Gasteiger partial charge in [0.05, 0.1) is 0 Å². The molecular formula is C14H35N3OSi.